The molecule has 31 heavy (non-hydrogen) atoms. The molecule has 0 atom stereocenters. The molecule has 3 heteroatoms. The lowest BCUT2D eigenvalue weighted by atomic mass is 10.0. The fraction of sp³-hybridized carbons (Fsp3) is 0.286. The van der Waals surface area contributed by atoms with Gasteiger partial charge in [0.15, 0.2) is 0 Å². The maximum atomic E-state index is 6.16. The number of hydrogen-bond acceptors (Lipinski definition) is 3. The van der Waals surface area contributed by atoms with E-state index in [0.29, 0.717) is 0 Å². The first-order chi connectivity index (χ1) is 15.2. The SMILES string of the molecule is Cc1ccc(-c2ccc3oc(CN4CCN(CCc5ccccc5)CC4)cc3c2)cc1. The van der Waals surface area contributed by atoms with Crippen LogP contribution in [0.3, 0.4) is 0 Å². The normalized spacial score (nSPS) is 15.5. The highest BCUT2D eigenvalue weighted by molar-refractivity contribution is 5.84. The first-order valence-electron chi connectivity index (χ1n) is 11.3. The third-order valence-electron chi connectivity index (χ3n) is 6.36. The second kappa shape index (κ2) is 9.09. The number of rotatable bonds is 6. The van der Waals surface area contributed by atoms with Gasteiger partial charge in [0.05, 0.1) is 6.54 Å². The summed E-state index contributed by atoms with van der Waals surface area (Å²) in [6.45, 7) is 8.61. The molecule has 5 rings (SSSR count). The first-order valence-corrected chi connectivity index (χ1v) is 11.3. The van der Waals surface area contributed by atoms with Crippen molar-refractivity contribution in [2.24, 2.45) is 0 Å². The summed E-state index contributed by atoms with van der Waals surface area (Å²) in [6, 6.07) is 28.2. The van der Waals surface area contributed by atoms with Gasteiger partial charge in [-0.25, -0.2) is 0 Å². The Hall–Kier alpha value is -2.88. The van der Waals surface area contributed by atoms with Crippen molar-refractivity contribution in [3.05, 3.63) is 95.7 Å². The molecular weight excluding hydrogens is 380 g/mol. The lowest BCUT2D eigenvalue weighted by Gasteiger charge is -2.34. The molecule has 0 saturated carbocycles. The van der Waals surface area contributed by atoms with E-state index < -0.39 is 0 Å². The third kappa shape index (κ3) is 4.90. The number of aryl methyl sites for hydroxylation is 1. The number of piperazine rings is 1. The van der Waals surface area contributed by atoms with E-state index in [4.69, 9.17) is 4.42 Å². The quantitative estimate of drug-likeness (QED) is 0.402. The predicted molar refractivity (Wildman–Crippen MR) is 128 cm³/mol. The van der Waals surface area contributed by atoms with Crippen LogP contribution in [0.25, 0.3) is 22.1 Å². The van der Waals surface area contributed by atoms with E-state index in [9.17, 15) is 0 Å². The van der Waals surface area contributed by atoms with Crippen molar-refractivity contribution in [2.45, 2.75) is 19.9 Å². The molecule has 3 nitrogen and oxygen atoms in total. The van der Waals surface area contributed by atoms with Crippen LogP contribution in [0, 0.1) is 6.92 Å². The Kier molecular flexibility index (Phi) is 5.88. The highest BCUT2D eigenvalue weighted by Gasteiger charge is 2.18. The van der Waals surface area contributed by atoms with E-state index in [2.05, 4.69) is 95.6 Å². The molecule has 0 bridgehead atoms. The zero-order chi connectivity index (χ0) is 21.0. The molecule has 1 fully saturated rings. The van der Waals surface area contributed by atoms with Crippen LogP contribution < -0.4 is 0 Å². The lowest BCUT2D eigenvalue weighted by molar-refractivity contribution is 0.122. The standard InChI is InChI=1S/C28H30N2O/c1-22-7-9-24(10-8-22)25-11-12-28-26(19-25)20-27(31-28)21-30-17-15-29(16-18-30)14-13-23-5-3-2-4-6-23/h2-12,19-20H,13-18,21H2,1H3. The van der Waals surface area contributed by atoms with Crippen LogP contribution in [0.1, 0.15) is 16.9 Å². The van der Waals surface area contributed by atoms with Gasteiger partial charge in [-0.2, -0.15) is 0 Å². The second-order valence-electron chi connectivity index (χ2n) is 8.68. The van der Waals surface area contributed by atoms with E-state index in [1.165, 1.54) is 27.6 Å². The van der Waals surface area contributed by atoms with Crippen LogP contribution in [0.2, 0.25) is 0 Å². The summed E-state index contributed by atoms with van der Waals surface area (Å²) in [5, 5.41) is 1.19. The monoisotopic (exact) mass is 410 g/mol. The number of fused-ring (bicyclic) bond motifs is 1. The number of nitrogens with zero attached hydrogens (tertiary/aromatic N) is 2. The molecule has 1 saturated heterocycles. The van der Waals surface area contributed by atoms with Crippen molar-refractivity contribution in [2.75, 3.05) is 32.7 Å². The van der Waals surface area contributed by atoms with Crippen molar-refractivity contribution < 1.29 is 4.42 Å². The van der Waals surface area contributed by atoms with E-state index >= 15 is 0 Å². The minimum atomic E-state index is 0.890. The highest BCUT2D eigenvalue weighted by Crippen LogP contribution is 2.27. The molecule has 4 aromatic rings. The van der Waals surface area contributed by atoms with Crippen LogP contribution in [0.5, 0.6) is 0 Å². The Labute approximate surface area is 184 Å². The van der Waals surface area contributed by atoms with Gasteiger partial charge >= 0.3 is 0 Å². The largest absolute Gasteiger partial charge is 0.460 e. The number of furan rings is 1. The zero-order valence-corrected chi connectivity index (χ0v) is 18.3. The maximum Gasteiger partial charge on any atom is 0.134 e. The summed E-state index contributed by atoms with van der Waals surface area (Å²) in [7, 11) is 0. The Morgan fingerprint density at radius 1 is 0.742 bits per heavy atom. The fourth-order valence-corrected chi connectivity index (χ4v) is 4.43. The lowest BCUT2D eigenvalue weighted by Crippen LogP contribution is -2.46. The highest BCUT2D eigenvalue weighted by atomic mass is 16.3. The van der Waals surface area contributed by atoms with Gasteiger partial charge in [-0.3, -0.25) is 4.90 Å². The van der Waals surface area contributed by atoms with Crippen LogP contribution in [-0.2, 0) is 13.0 Å². The second-order valence-corrected chi connectivity index (χ2v) is 8.68. The first kappa shape index (κ1) is 20.0. The summed E-state index contributed by atoms with van der Waals surface area (Å²) in [5.74, 6) is 1.06. The van der Waals surface area contributed by atoms with Gasteiger partial charge in [0.1, 0.15) is 11.3 Å². The molecule has 1 aliphatic rings. The van der Waals surface area contributed by atoms with Crippen LogP contribution in [-0.4, -0.2) is 42.5 Å². The van der Waals surface area contributed by atoms with Crippen LogP contribution in [0.15, 0.2) is 83.3 Å². The summed E-state index contributed by atoms with van der Waals surface area (Å²) < 4.78 is 6.16. The van der Waals surface area contributed by atoms with Crippen LogP contribution in [0.4, 0.5) is 0 Å². The molecule has 1 aromatic heterocycles. The van der Waals surface area contributed by atoms with Crippen molar-refractivity contribution in [1.82, 2.24) is 9.80 Å². The van der Waals surface area contributed by atoms with Gasteiger partial charge in [0, 0.05) is 38.1 Å². The summed E-state index contributed by atoms with van der Waals surface area (Å²) in [5.41, 5.74) is 6.19. The minimum absolute atomic E-state index is 0.890. The maximum absolute atomic E-state index is 6.16. The average molecular weight is 411 g/mol. The predicted octanol–water partition coefficient (Wildman–Crippen LogP) is 5.77. The molecule has 0 aliphatic carbocycles. The molecular formula is C28H30N2O. The third-order valence-corrected chi connectivity index (χ3v) is 6.36. The fourth-order valence-electron chi connectivity index (χ4n) is 4.43. The number of hydrogen-bond donors (Lipinski definition) is 0. The zero-order valence-electron chi connectivity index (χ0n) is 18.3. The van der Waals surface area contributed by atoms with Gasteiger partial charge in [0.2, 0.25) is 0 Å². The van der Waals surface area contributed by atoms with Crippen molar-refractivity contribution >= 4 is 11.0 Å². The molecule has 0 unspecified atom stereocenters. The summed E-state index contributed by atoms with van der Waals surface area (Å²) >= 11 is 0. The Morgan fingerprint density at radius 2 is 1.45 bits per heavy atom. The molecule has 1 aliphatic heterocycles. The smallest absolute Gasteiger partial charge is 0.134 e. The summed E-state index contributed by atoms with van der Waals surface area (Å²) in [4.78, 5) is 5.09. The van der Waals surface area contributed by atoms with Gasteiger partial charge in [-0.15, -0.1) is 0 Å². The molecule has 0 radical (unpaired) electrons. The van der Waals surface area contributed by atoms with Crippen molar-refractivity contribution in [1.29, 1.82) is 0 Å². The number of benzene rings is 3. The van der Waals surface area contributed by atoms with E-state index in [1.54, 1.807) is 0 Å². The van der Waals surface area contributed by atoms with Crippen molar-refractivity contribution in [3.8, 4) is 11.1 Å². The topological polar surface area (TPSA) is 19.6 Å². The van der Waals surface area contributed by atoms with Gasteiger partial charge in [0.25, 0.3) is 0 Å². The van der Waals surface area contributed by atoms with Gasteiger partial charge in [-0.05, 0) is 48.2 Å². The van der Waals surface area contributed by atoms with E-state index in [0.717, 1.165) is 57.0 Å². The Balaban J connectivity index is 1.18. The van der Waals surface area contributed by atoms with Crippen molar-refractivity contribution in [3.63, 3.8) is 0 Å². The molecule has 0 amide bonds. The van der Waals surface area contributed by atoms with Gasteiger partial charge < -0.3 is 9.32 Å². The summed E-state index contributed by atoms with van der Waals surface area (Å²) in [6.07, 6.45) is 1.13. The van der Waals surface area contributed by atoms with E-state index in [1.807, 2.05) is 0 Å². The molecule has 2 heterocycles. The Bertz CT molecular complexity index is 1120. The minimum Gasteiger partial charge on any atom is -0.460 e. The molecule has 158 valence electrons. The molecule has 0 N–H and O–H groups in total. The molecule has 0 spiro atoms. The van der Waals surface area contributed by atoms with Crippen LogP contribution >= 0.6 is 0 Å². The Morgan fingerprint density at radius 3 is 2.23 bits per heavy atom. The van der Waals surface area contributed by atoms with E-state index in [-0.39, 0.29) is 0 Å². The molecule has 3 aromatic carbocycles. The van der Waals surface area contributed by atoms with Gasteiger partial charge in [-0.1, -0.05) is 66.2 Å². The average Bonchev–Trinajstić information content (AvgIpc) is 3.21.